The number of benzene rings is 2. The van der Waals surface area contributed by atoms with E-state index in [2.05, 4.69) is 17.1 Å². The van der Waals surface area contributed by atoms with E-state index in [0.29, 0.717) is 22.8 Å². The van der Waals surface area contributed by atoms with E-state index >= 15 is 0 Å². The SMILES string of the molecule is C[C@@H]([C@H]1C[C@H]2CC[C@H]1C2)n1c(COc2ccccc2F)nnc1SCC(=O)N(CCC#N)c1ccccc1F. The van der Waals surface area contributed by atoms with E-state index in [1.54, 1.807) is 30.3 Å². The van der Waals surface area contributed by atoms with Crippen LogP contribution in [-0.4, -0.2) is 33.0 Å². The maximum atomic E-state index is 14.5. The molecule has 0 radical (unpaired) electrons. The zero-order valence-corrected chi connectivity index (χ0v) is 22.6. The lowest BCUT2D eigenvalue weighted by Crippen LogP contribution is -2.34. The second kappa shape index (κ2) is 12.2. The Kier molecular flexibility index (Phi) is 8.46. The van der Waals surface area contributed by atoms with Gasteiger partial charge in [-0.2, -0.15) is 5.26 Å². The fourth-order valence-electron chi connectivity index (χ4n) is 6.11. The van der Waals surface area contributed by atoms with Crippen LogP contribution in [0, 0.1) is 40.7 Å². The number of fused-ring (bicyclic) bond motifs is 2. The summed E-state index contributed by atoms with van der Waals surface area (Å²) in [5.74, 6) is 1.28. The summed E-state index contributed by atoms with van der Waals surface area (Å²) in [6, 6.07) is 14.4. The smallest absolute Gasteiger partial charge is 0.237 e. The molecule has 0 unspecified atom stereocenters. The van der Waals surface area contributed by atoms with Crippen molar-refractivity contribution < 1.29 is 18.3 Å². The molecule has 2 bridgehead atoms. The Hall–Kier alpha value is -3.45. The van der Waals surface area contributed by atoms with Gasteiger partial charge in [0.1, 0.15) is 12.4 Å². The fraction of sp³-hybridized carbons (Fsp3) is 0.448. The molecule has 4 atom stereocenters. The maximum Gasteiger partial charge on any atom is 0.237 e. The normalized spacial score (nSPS) is 20.5. The molecule has 39 heavy (non-hydrogen) atoms. The number of carbonyl (C=O) groups is 1. The quantitative estimate of drug-likeness (QED) is 0.265. The monoisotopic (exact) mass is 551 g/mol. The van der Waals surface area contributed by atoms with Crippen molar-refractivity contribution in [3.63, 3.8) is 0 Å². The molecule has 2 aliphatic carbocycles. The Labute approximate surface area is 231 Å². The maximum absolute atomic E-state index is 14.5. The number of amides is 1. The van der Waals surface area contributed by atoms with Crippen LogP contribution in [0.5, 0.6) is 5.75 Å². The summed E-state index contributed by atoms with van der Waals surface area (Å²) in [7, 11) is 0. The lowest BCUT2D eigenvalue weighted by molar-refractivity contribution is -0.116. The molecular formula is C29H31F2N5O2S. The number of rotatable bonds is 11. The first-order valence-corrected chi connectivity index (χ1v) is 14.3. The number of carbonyl (C=O) groups excluding carboxylic acids is 1. The minimum absolute atomic E-state index is 0.00446. The molecule has 0 spiro atoms. The van der Waals surface area contributed by atoms with Gasteiger partial charge in [0.05, 0.1) is 23.9 Å². The molecular weight excluding hydrogens is 520 g/mol. The van der Waals surface area contributed by atoms with Crippen LogP contribution in [0.2, 0.25) is 0 Å². The predicted molar refractivity (Wildman–Crippen MR) is 144 cm³/mol. The van der Waals surface area contributed by atoms with E-state index in [1.165, 1.54) is 54.1 Å². The lowest BCUT2D eigenvalue weighted by Gasteiger charge is -2.30. The largest absolute Gasteiger partial charge is 0.483 e. The molecule has 204 valence electrons. The zero-order chi connectivity index (χ0) is 27.4. The molecule has 1 heterocycles. The molecule has 7 nitrogen and oxygen atoms in total. The molecule has 2 aromatic carbocycles. The summed E-state index contributed by atoms with van der Waals surface area (Å²) >= 11 is 1.23. The molecule has 0 saturated heterocycles. The van der Waals surface area contributed by atoms with E-state index in [-0.39, 0.29) is 48.7 Å². The first-order chi connectivity index (χ1) is 19.0. The first kappa shape index (κ1) is 27.1. The van der Waals surface area contributed by atoms with Gasteiger partial charge >= 0.3 is 0 Å². The van der Waals surface area contributed by atoms with Crippen LogP contribution in [0.1, 0.15) is 50.9 Å². The van der Waals surface area contributed by atoms with Crippen molar-refractivity contribution in [2.45, 2.75) is 56.8 Å². The van der Waals surface area contributed by atoms with Crippen molar-refractivity contribution in [2.75, 3.05) is 17.2 Å². The lowest BCUT2D eigenvalue weighted by atomic mass is 9.84. The van der Waals surface area contributed by atoms with Gasteiger partial charge in [0.25, 0.3) is 0 Å². The van der Waals surface area contributed by atoms with E-state index in [9.17, 15) is 13.6 Å². The highest BCUT2D eigenvalue weighted by Gasteiger charge is 2.43. The van der Waals surface area contributed by atoms with Gasteiger partial charge < -0.3 is 9.64 Å². The highest BCUT2D eigenvalue weighted by molar-refractivity contribution is 7.99. The number of nitrogens with zero attached hydrogens (tertiary/aromatic N) is 5. The number of thioether (sulfide) groups is 1. The summed E-state index contributed by atoms with van der Waals surface area (Å²) in [5, 5.41) is 18.4. The highest BCUT2D eigenvalue weighted by atomic mass is 32.2. The number of hydrogen-bond acceptors (Lipinski definition) is 6. The molecule has 0 aliphatic heterocycles. The Morgan fingerprint density at radius 1 is 1.15 bits per heavy atom. The molecule has 0 N–H and O–H groups in total. The number of halogens is 2. The third-order valence-electron chi connectivity index (χ3n) is 7.96. The van der Waals surface area contributed by atoms with E-state index in [1.807, 2.05) is 10.6 Å². The van der Waals surface area contributed by atoms with Crippen LogP contribution in [0.25, 0.3) is 0 Å². The zero-order valence-electron chi connectivity index (χ0n) is 21.8. The number of nitriles is 1. The number of para-hydroxylation sites is 2. The van der Waals surface area contributed by atoms with E-state index < -0.39 is 11.6 Å². The van der Waals surface area contributed by atoms with Gasteiger partial charge in [0.2, 0.25) is 5.91 Å². The van der Waals surface area contributed by atoms with Gasteiger partial charge in [-0.25, -0.2) is 8.78 Å². The van der Waals surface area contributed by atoms with Crippen LogP contribution in [0.4, 0.5) is 14.5 Å². The van der Waals surface area contributed by atoms with Gasteiger partial charge in [0, 0.05) is 12.6 Å². The van der Waals surface area contributed by atoms with Crippen molar-refractivity contribution >= 4 is 23.4 Å². The van der Waals surface area contributed by atoms with Gasteiger partial charge in [-0.1, -0.05) is 42.4 Å². The third kappa shape index (κ3) is 5.93. The van der Waals surface area contributed by atoms with Gasteiger partial charge in [-0.05, 0) is 68.2 Å². The molecule has 3 aromatic rings. The Bertz CT molecular complexity index is 1360. The predicted octanol–water partition coefficient (Wildman–Crippen LogP) is 6.17. The van der Waals surface area contributed by atoms with Crippen molar-refractivity contribution in [3.8, 4) is 11.8 Å². The first-order valence-electron chi connectivity index (χ1n) is 13.3. The average Bonchev–Trinajstić information content (AvgIpc) is 3.68. The van der Waals surface area contributed by atoms with Crippen molar-refractivity contribution in [1.82, 2.24) is 14.8 Å². The summed E-state index contributed by atoms with van der Waals surface area (Å²) < 4.78 is 36.5. The third-order valence-corrected chi connectivity index (χ3v) is 8.89. The van der Waals surface area contributed by atoms with Crippen LogP contribution >= 0.6 is 11.8 Å². The Morgan fingerprint density at radius 2 is 1.92 bits per heavy atom. The molecule has 2 saturated carbocycles. The van der Waals surface area contributed by atoms with E-state index in [4.69, 9.17) is 10.00 Å². The molecule has 5 rings (SSSR count). The minimum atomic E-state index is -0.519. The average molecular weight is 552 g/mol. The summed E-state index contributed by atoms with van der Waals surface area (Å²) in [6.07, 6.45) is 4.98. The standard InChI is InChI=1S/C29H31F2N5O2S/c1-19(22-16-20-11-12-21(22)15-20)36-27(17-38-26-10-5-3-8-24(26)31)33-34-29(36)39-18-28(37)35(14-6-13-32)25-9-4-2-7-23(25)30/h2-5,7-10,19-22H,6,11-12,14-18H2,1H3/t19-,20-,21-,22+/m0/s1. The van der Waals surface area contributed by atoms with Crippen LogP contribution in [0.15, 0.2) is 53.7 Å². The van der Waals surface area contributed by atoms with Crippen molar-refractivity contribution in [1.29, 1.82) is 5.26 Å². The Balaban J connectivity index is 1.37. The number of aromatic nitrogens is 3. The van der Waals surface area contributed by atoms with Gasteiger partial charge in [-0.15, -0.1) is 10.2 Å². The summed E-state index contributed by atoms with van der Waals surface area (Å²) in [6.45, 7) is 2.29. The molecule has 1 amide bonds. The fourth-order valence-corrected chi connectivity index (χ4v) is 7.03. The Morgan fingerprint density at radius 3 is 2.62 bits per heavy atom. The minimum Gasteiger partial charge on any atom is -0.483 e. The van der Waals surface area contributed by atoms with Crippen LogP contribution in [0.3, 0.4) is 0 Å². The molecule has 2 fully saturated rings. The second-order valence-corrected chi connectivity index (χ2v) is 11.2. The van der Waals surface area contributed by atoms with Crippen molar-refractivity contribution in [3.05, 3.63) is 66.0 Å². The molecule has 10 heteroatoms. The number of hydrogen-bond donors (Lipinski definition) is 0. The number of anilines is 1. The second-order valence-electron chi connectivity index (χ2n) is 10.3. The van der Waals surface area contributed by atoms with Crippen LogP contribution < -0.4 is 9.64 Å². The topological polar surface area (TPSA) is 84.0 Å². The summed E-state index contributed by atoms with van der Waals surface area (Å²) in [4.78, 5) is 14.6. The van der Waals surface area contributed by atoms with E-state index in [0.717, 1.165) is 12.3 Å². The molecule has 2 aliphatic rings. The molecule has 1 aromatic heterocycles. The van der Waals surface area contributed by atoms with Crippen LogP contribution in [-0.2, 0) is 11.4 Å². The van der Waals surface area contributed by atoms with Gasteiger partial charge in [-0.3, -0.25) is 9.36 Å². The van der Waals surface area contributed by atoms with Crippen molar-refractivity contribution in [2.24, 2.45) is 17.8 Å². The highest BCUT2D eigenvalue weighted by Crippen LogP contribution is 2.52. The van der Waals surface area contributed by atoms with Gasteiger partial charge in [0.15, 0.2) is 22.5 Å². The number of ether oxygens (including phenoxy) is 1. The summed E-state index contributed by atoms with van der Waals surface area (Å²) in [5.41, 5.74) is 0.147.